The molecule has 0 radical (unpaired) electrons. The van der Waals surface area contributed by atoms with Crippen LogP contribution in [0.4, 0.5) is 0 Å². The SMILES string of the molecule is CCOc1ccc(CN(C)C(=O)c2ccc(OCc3cscn3)cc2)cc1. The standard InChI is InChI=1S/C21H22N2O3S/c1-3-25-19-8-4-16(5-9-19)12-23(2)21(24)17-6-10-20(11-7-17)26-13-18-14-27-15-22-18/h4-11,14-15H,3,12-13H2,1-2H3. The number of nitrogens with zero attached hydrogens (tertiary/aromatic N) is 2. The predicted octanol–water partition coefficient (Wildman–Crippen LogP) is 4.39. The number of ether oxygens (including phenoxy) is 2. The zero-order chi connectivity index (χ0) is 19.1. The summed E-state index contributed by atoms with van der Waals surface area (Å²) >= 11 is 1.54. The lowest BCUT2D eigenvalue weighted by atomic mass is 10.1. The van der Waals surface area contributed by atoms with Crippen LogP contribution in [0.3, 0.4) is 0 Å². The first-order chi connectivity index (χ1) is 13.2. The highest BCUT2D eigenvalue weighted by atomic mass is 32.1. The molecule has 0 aliphatic rings. The van der Waals surface area contributed by atoms with Crippen molar-refractivity contribution >= 4 is 17.2 Å². The number of hydrogen-bond acceptors (Lipinski definition) is 5. The molecule has 0 atom stereocenters. The minimum absolute atomic E-state index is 0.0325. The van der Waals surface area contributed by atoms with Crippen LogP contribution in [0.2, 0.25) is 0 Å². The molecule has 1 heterocycles. The number of benzene rings is 2. The summed E-state index contributed by atoms with van der Waals surface area (Å²) in [4.78, 5) is 18.5. The minimum Gasteiger partial charge on any atom is -0.494 e. The van der Waals surface area contributed by atoms with Gasteiger partial charge >= 0.3 is 0 Å². The van der Waals surface area contributed by atoms with Gasteiger partial charge in [-0.2, -0.15) is 0 Å². The molecule has 0 saturated carbocycles. The normalized spacial score (nSPS) is 10.4. The third kappa shape index (κ3) is 5.31. The Balaban J connectivity index is 1.55. The summed E-state index contributed by atoms with van der Waals surface area (Å²) in [7, 11) is 1.80. The molecule has 0 N–H and O–H groups in total. The van der Waals surface area contributed by atoms with Crippen molar-refractivity contribution in [3.63, 3.8) is 0 Å². The molecule has 0 bridgehead atoms. The van der Waals surface area contributed by atoms with Crippen molar-refractivity contribution in [1.29, 1.82) is 0 Å². The molecule has 0 aliphatic heterocycles. The molecule has 2 aromatic carbocycles. The molecule has 0 aliphatic carbocycles. The molecular weight excluding hydrogens is 360 g/mol. The maximum absolute atomic E-state index is 12.6. The lowest BCUT2D eigenvalue weighted by Crippen LogP contribution is -2.26. The van der Waals surface area contributed by atoms with Crippen LogP contribution in [0.1, 0.15) is 28.5 Å². The van der Waals surface area contributed by atoms with E-state index in [4.69, 9.17) is 9.47 Å². The number of hydrogen-bond donors (Lipinski definition) is 0. The molecule has 0 spiro atoms. The number of amides is 1. The molecule has 1 amide bonds. The van der Waals surface area contributed by atoms with E-state index in [0.29, 0.717) is 31.1 Å². The first-order valence-corrected chi connectivity index (χ1v) is 9.67. The molecule has 0 saturated heterocycles. The van der Waals surface area contributed by atoms with Crippen LogP contribution in [-0.2, 0) is 13.2 Å². The Labute approximate surface area is 163 Å². The van der Waals surface area contributed by atoms with Gasteiger partial charge in [0.25, 0.3) is 5.91 Å². The lowest BCUT2D eigenvalue weighted by Gasteiger charge is -2.18. The van der Waals surface area contributed by atoms with Crippen LogP contribution in [0.5, 0.6) is 11.5 Å². The van der Waals surface area contributed by atoms with Crippen molar-refractivity contribution in [3.05, 3.63) is 76.2 Å². The summed E-state index contributed by atoms with van der Waals surface area (Å²) in [5.74, 6) is 1.52. The second kappa shape index (κ2) is 9.19. The maximum atomic E-state index is 12.6. The summed E-state index contributed by atoms with van der Waals surface area (Å²) in [6.07, 6.45) is 0. The second-order valence-corrected chi connectivity index (χ2v) is 6.75. The van der Waals surface area contributed by atoms with Gasteiger partial charge in [-0.05, 0) is 48.9 Å². The summed E-state index contributed by atoms with van der Waals surface area (Å²) in [6, 6.07) is 15.0. The van der Waals surface area contributed by atoms with Gasteiger partial charge in [0.15, 0.2) is 0 Å². The van der Waals surface area contributed by atoms with Gasteiger partial charge in [0, 0.05) is 24.5 Å². The van der Waals surface area contributed by atoms with Crippen LogP contribution >= 0.6 is 11.3 Å². The number of carbonyl (C=O) groups excluding carboxylic acids is 1. The van der Waals surface area contributed by atoms with Gasteiger partial charge in [-0.15, -0.1) is 11.3 Å². The maximum Gasteiger partial charge on any atom is 0.253 e. The van der Waals surface area contributed by atoms with Gasteiger partial charge in [-0.3, -0.25) is 4.79 Å². The molecule has 3 rings (SSSR count). The van der Waals surface area contributed by atoms with Crippen molar-refractivity contribution in [2.24, 2.45) is 0 Å². The number of rotatable bonds is 8. The summed E-state index contributed by atoms with van der Waals surface area (Å²) in [5.41, 5.74) is 4.36. The average molecular weight is 382 g/mol. The summed E-state index contributed by atoms with van der Waals surface area (Å²) in [5, 5.41) is 1.95. The third-order valence-corrected chi connectivity index (χ3v) is 4.61. The fraction of sp³-hybridized carbons (Fsp3) is 0.238. The van der Waals surface area contributed by atoms with Gasteiger partial charge < -0.3 is 14.4 Å². The van der Waals surface area contributed by atoms with Gasteiger partial charge in [0.1, 0.15) is 18.1 Å². The van der Waals surface area contributed by atoms with Crippen molar-refractivity contribution in [2.45, 2.75) is 20.1 Å². The lowest BCUT2D eigenvalue weighted by molar-refractivity contribution is 0.0785. The monoisotopic (exact) mass is 382 g/mol. The Morgan fingerprint density at radius 2 is 1.70 bits per heavy atom. The molecule has 5 nitrogen and oxygen atoms in total. The molecule has 140 valence electrons. The predicted molar refractivity (Wildman–Crippen MR) is 106 cm³/mol. The van der Waals surface area contributed by atoms with E-state index >= 15 is 0 Å². The Morgan fingerprint density at radius 1 is 1.04 bits per heavy atom. The van der Waals surface area contributed by atoms with Crippen LogP contribution in [0, 0.1) is 0 Å². The van der Waals surface area contributed by atoms with E-state index in [0.717, 1.165) is 17.0 Å². The van der Waals surface area contributed by atoms with E-state index in [9.17, 15) is 4.79 Å². The average Bonchev–Trinajstić information content (AvgIpc) is 3.21. The Hall–Kier alpha value is -2.86. The van der Waals surface area contributed by atoms with Crippen LogP contribution in [-0.4, -0.2) is 29.4 Å². The van der Waals surface area contributed by atoms with Gasteiger partial charge in [0.05, 0.1) is 17.8 Å². The summed E-state index contributed by atoms with van der Waals surface area (Å²) < 4.78 is 11.1. The number of aromatic nitrogens is 1. The highest BCUT2D eigenvalue weighted by molar-refractivity contribution is 7.07. The summed E-state index contributed by atoms with van der Waals surface area (Å²) in [6.45, 7) is 3.55. The molecule has 1 aromatic heterocycles. The highest BCUT2D eigenvalue weighted by Gasteiger charge is 2.12. The van der Waals surface area contributed by atoms with Gasteiger partial charge in [-0.25, -0.2) is 4.98 Å². The van der Waals surface area contributed by atoms with E-state index < -0.39 is 0 Å². The molecular formula is C21H22N2O3S. The molecule has 0 fully saturated rings. The second-order valence-electron chi connectivity index (χ2n) is 6.03. The fourth-order valence-corrected chi connectivity index (χ4v) is 3.13. The van der Waals surface area contributed by atoms with Crippen LogP contribution < -0.4 is 9.47 Å². The molecule has 27 heavy (non-hydrogen) atoms. The smallest absolute Gasteiger partial charge is 0.253 e. The van der Waals surface area contributed by atoms with E-state index in [1.54, 1.807) is 29.6 Å². The Morgan fingerprint density at radius 3 is 2.33 bits per heavy atom. The zero-order valence-corrected chi connectivity index (χ0v) is 16.2. The Bertz CT molecular complexity index is 846. The van der Waals surface area contributed by atoms with E-state index in [1.165, 1.54) is 11.3 Å². The highest BCUT2D eigenvalue weighted by Crippen LogP contribution is 2.17. The quantitative estimate of drug-likeness (QED) is 0.580. The van der Waals surface area contributed by atoms with E-state index in [2.05, 4.69) is 4.98 Å². The molecule has 3 aromatic rings. The van der Waals surface area contributed by atoms with Gasteiger partial charge in [0.2, 0.25) is 0 Å². The largest absolute Gasteiger partial charge is 0.494 e. The minimum atomic E-state index is -0.0325. The topological polar surface area (TPSA) is 51.7 Å². The molecule has 6 heteroatoms. The Kier molecular flexibility index (Phi) is 6.44. The van der Waals surface area contributed by atoms with E-state index in [-0.39, 0.29) is 5.91 Å². The molecule has 0 unspecified atom stereocenters. The first-order valence-electron chi connectivity index (χ1n) is 8.73. The van der Waals surface area contributed by atoms with Crippen LogP contribution in [0.25, 0.3) is 0 Å². The van der Waals surface area contributed by atoms with Crippen LogP contribution in [0.15, 0.2) is 59.4 Å². The van der Waals surface area contributed by atoms with Crippen molar-refractivity contribution in [2.75, 3.05) is 13.7 Å². The first kappa shape index (κ1) is 18.9. The van der Waals surface area contributed by atoms with Crippen molar-refractivity contribution in [1.82, 2.24) is 9.88 Å². The fourth-order valence-electron chi connectivity index (χ4n) is 2.58. The van der Waals surface area contributed by atoms with E-state index in [1.807, 2.05) is 48.7 Å². The van der Waals surface area contributed by atoms with Gasteiger partial charge in [-0.1, -0.05) is 12.1 Å². The van der Waals surface area contributed by atoms with Crippen molar-refractivity contribution in [3.8, 4) is 11.5 Å². The number of carbonyl (C=O) groups is 1. The zero-order valence-electron chi connectivity index (χ0n) is 15.4. The number of thiazole rings is 1. The third-order valence-electron chi connectivity index (χ3n) is 3.97. The van der Waals surface area contributed by atoms with Crippen molar-refractivity contribution < 1.29 is 14.3 Å².